The minimum atomic E-state index is 0.405. The van der Waals surface area contributed by atoms with Crippen LogP contribution in [-0.2, 0) is 4.79 Å². The lowest BCUT2D eigenvalue weighted by molar-refractivity contribution is -0.130. The van der Waals surface area contributed by atoms with Crippen LogP contribution in [0.15, 0.2) is 0 Å². The second kappa shape index (κ2) is 4.54. The van der Waals surface area contributed by atoms with Crippen molar-refractivity contribution in [2.75, 3.05) is 6.54 Å². The molecule has 1 unspecified atom stereocenters. The molecule has 0 spiro atoms. The molecule has 2 heteroatoms. The van der Waals surface area contributed by atoms with Crippen molar-refractivity contribution in [1.29, 1.82) is 0 Å². The van der Waals surface area contributed by atoms with E-state index in [1.807, 2.05) is 0 Å². The normalized spacial score (nSPS) is 37.3. The summed E-state index contributed by atoms with van der Waals surface area (Å²) in [7, 11) is 0. The highest BCUT2D eigenvalue weighted by atomic mass is 16.2. The molecule has 2 rings (SSSR count). The third-order valence-corrected chi connectivity index (χ3v) is 4.19. The highest BCUT2D eigenvalue weighted by molar-refractivity contribution is 5.78. The summed E-state index contributed by atoms with van der Waals surface area (Å²) in [6.45, 7) is 5.49. The summed E-state index contributed by atoms with van der Waals surface area (Å²) in [5.41, 5.74) is 0. The molecular formula is C13H23NO. The number of hydrogen-bond acceptors (Lipinski definition) is 1. The van der Waals surface area contributed by atoms with Crippen LogP contribution in [0.3, 0.4) is 0 Å². The number of nitrogens with zero attached hydrogens (tertiary/aromatic N) is 1. The fourth-order valence-corrected chi connectivity index (χ4v) is 3.13. The van der Waals surface area contributed by atoms with E-state index < -0.39 is 0 Å². The van der Waals surface area contributed by atoms with Crippen molar-refractivity contribution in [2.24, 2.45) is 11.8 Å². The van der Waals surface area contributed by atoms with Gasteiger partial charge in [-0.3, -0.25) is 4.79 Å². The van der Waals surface area contributed by atoms with Gasteiger partial charge in [0.2, 0.25) is 5.91 Å². The van der Waals surface area contributed by atoms with Crippen LogP contribution in [0.5, 0.6) is 0 Å². The first-order valence-corrected chi connectivity index (χ1v) is 6.50. The van der Waals surface area contributed by atoms with Crippen LogP contribution in [-0.4, -0.2) is 23.4 Å². The van der Waals surface area contributed by atoms with E-state index in [2.05, 4.69) is 18.7 Å². The van der Waals surface area contributed by atoms with E-state index in [4.69, 9.17) is 0 Å². The summed E-state index contributed by atoms with van der Waals surface area (Å²) in [6.07, 6.45) is 7.26. The topological polar surface area (TPSA) is 20.3 Å². The summed E-state index contributed by atoms with van der Waals surface area (Å²) in [6, 6.07) is 0.574. The SMILES string of the molecule is CCC1CCC(N2CC(C)CC2=O)CC1. The maximum Gasteiger partial charge on any atom is 0.223 e. The highest BCUT2D eigenvalue weighted by Gasteiger charge is 2.33. The van der Waals surface area contributed by atoms with Crippen molar-refractivity contribution in [3.8, 4) is 0 Å². The Morgan fingerprint density at radius 2 is 1.93 bits per heavy atom. The van der Waals surface area contributed by atoms with Gasteiger partial charge in [-0.15, -0.1) is 0 Å². The molecule has 2 aliphatic rings. The van der Waals surface area contributed by atoms with Crippen molar-refractivity contribution in [2.45, 2.75) is 58.4 Å². The summed E-state index contributed by atoms with van der Waals surface area (Å²) in [4.78, 5) is 13.9. The van der Waals surface area contributed by atoms with Crippen LogP contribution < -0.4 is 0 Å². The second-order valence-electron chi connectivity index (χ2n) is 5.44. The molecule has 1 saturated carbocycles. The minimum absolute atomic E-state index is 0.405. The molecule has 0 radical (unpaired) electrons. The molecule has 1 aliphatic heterocycles. The lowest BCUT2D eigenvalue weighted by Gasteiger charge is -2.34. The van der Waals surface area contributed by atoms with Crippen LogP contribution in [0.25, 0.3) is 0 Å². The van der Waals surface area contributed by atoms with E-state index >= 15 is 0 Å². The lowest BCUT2D eigenvalue weighted by Crippen LogP contribution is -2.39. The van der Waals surface area contributed by atoms with Crippen LogP contribution >= 0.6 is 0 Å². The number of likely N-dealkylation sites (tertiary alicyclic amines) is 1. The quantitative estimate of drug-likeness (QED) is 0.685. The predicted octanol–water partition coefficient (Wildman–Crippen LogP) is 2.82. The maximum atomic E-state index is 11.8. The Bertz CT molecular complexity index is 231. The predicted molar refractivity (Wildman–Crippen MR) is 61.5 cm³/mol. The molecule has 2 fully saturated rings. The van der Waals surface area contributed by atoms with Crippen molar-refractivity contribution in [3.63, 3.8) is 0 Å². The van der Waals surface area contributed by atoms with Crippen molar-refractivity contribution < 1.29 is 4.79 Å². The summed E-state index contributed by atoms with van der Waals surface area (Å²) < 4.78 is 0. The average molecular weight is 209 g/mol. The van der Waals surface area contributed by atoms with Gasteiger partial charge in [0, 0.05) is 19.0 Å². The first kappa shape index (κ1) is 11.0. The molecule has 0 aromatic carbocycles. The zero-order chi connectivity index (χ0) is 10.8. The molecular weight excluding hydrogens is 186 g/mol. The lowest BCUT2D eigenvalue weighted by atomic mass is 9.84. The molecule has 1 amide bonds. The van der Waals surface area contributed by atoms with Gasteiger partial charge in [0.25, 0.3) is 0 Å². The van der Waals surface area contributed by atoms with Crippen molar-refractivity contribution >= 4 is 5.91 Å². The number of amides is 1. The Labute approximate surface area is 93.0 Å². The van der Waals surface area contributed by atoms with E-state index in [0.29, 0.717) is 17.9 Å². The van der Waals surface area contributed by atoms with Gasteiger partial charge in [-0.25, -0.2) is 0 Å². The molecule has 15 heavy (non-hydrogen) atoms. The Kier molecular flexibility index (Phi) is 3.32. The molecule has 0 aromatic heterocycles. The summed E-state index contributed by atoms with van der Waals surface area (Å²) in [5, 5.41) is 0. The van der Waals surface area contributed by atoms with Gasteiger partial charge in [0.15, 0.2) is 0 Å². The molecule has 0 N–H and O–H groups in total. The Balaban J connectivity index is 1.88. The van der Waals surface area contributed by atoms with Crippen molar-refractivity contribution in [1.82, 2.24) is 4.90 Å². The van der Waals surface area contributed by atoms with Crippen LogP contribution in [0, 0.1) is 11.8 Å². The monoisotopic (exact) mass is 209 g/mol. The summed E-state index contributed by atoms with van der Waals surface area (Å²) >= 11 is 0. The largest absolute Gasteiger partial charge is 0.339 e. The molecule has 0 aromatic rings. The van der Waals surface area contributed by atoms with Crippen LogP contribution in [0.4, 0.5) is 0 Å². The third-order valence-electron chi connectivity index (χ3n) is 4.19. The zero-order valence-corrected chi connectivity index (χ0v) is 10.0. The molecule has 1 saturated heterocycles. The van der Waals surface area contributed by atoms with Gasteiger partial charge >= 0.3 is 0 Å². The Hall–Kier alpha value is -0.530. The average Bonchev–Trinajstić information content (AvgIpc) is 2.58. The van der Waals surface area contributed by atoms with Gasteiger partial charge in [0.05, 0.1) is 0 Å². The van der Waals surface area contributed by atoms with Gasteiger partial charge in [-0.1, -0.05) is 20.3 Å². The Morgan fingerprint density at radius 3 is 2.40 bits per heavy atom. The first-order chi connectivity index (χ1) is 7.20. The first-order valence-electron chi connectivity index (χ1n) is 6.50. The van der Waals surface area contributed by atoms with E-state index in [-0.39, 0.29) is 0 Å². The second-order valence-corrected chi connectivity index (χ2v) is 5.44. The minimum Gasteiger partial charge on any atom is -0.339 e. The van der Waals surface area contributed by atoms with E-state index in [9.17, 15) is 4.79 Å². The van der Waals surface area contributed by atoms with E-state index in [0.717, 1.165) is 18.9 Å². The fraction of sp³-hybridized carbons (Fsp3) is 0.923. The van der Waals surface area contributed by atoms with E-state index in [1.165, 1.54) is 32.1 Å². The molecule has 0 bridgehead atoms. The molecule has 1 aliphatic carbocycles. The number of carbonyl (C=O) groups excluding carboxylic acids is 1. The molecule has 86 valence electrons. The van der Waals surface area contributed by atoms with Gasteiger partial charge in [0.1, 0.15) is 0 Å². The molecule has 1 heterocycles. The van der Waals surface area contributed by atoms with E-state index in [1.54, 1.807) is 0 Å². The Morgan fingerprint density at radius 1 is 1.27 bits per heavy atom. The molecule has 1 atom stereocenters. The highest BCUT2D eigenvalue weighted by Crippen LogP contribution is 2.32. The van der Waals surface area contributed by atoms with Crippen LogP contribution in [0.2, 0.25) is 0 Å². The maximum absolute atomic E-state index is 11.8. The molecule has 2 nitrogen and oxygen atoms in total. The number of rotatable bonds is 2. The van der Waals surface area contributed by atoms with Crippen molar-refractivity contribution in [3.05, 3.63) is 0 Å². The van der Waals surface area contributed by atoms with Crippen LogP contribution in [0.1, 0.15) is 52.4 Å². The zero-order valence-electron chi connectivity index (χ0n) is 10.0. The van der Waals surface area contributed by atoms with Gasteiger partial charge in [-0.2, -0.15) is 0 Å². The third kappa shape index (κ3) is 2.35. The smallest absolute Gasteiger partial charge is 0.223 e. The fourth-order valence-electron chi connectivity index (χ4n) is 3.13. The van der Waals surface area contributed by atoms with Gasteiger partial charge < -0.3 is 4.90 Å². The summed E-state index contributed by atoms with van der Waals surface area (Å²) in [5.74, 6) is 1.92. The standard InChI is InChI=1S/C13H23NO/c1-3-11-4-6-12(7-5-11)14-9-10(2)8-13(14)15/h10-12H,3-9H2,1-2H3. The number of hydrogen-bond donors (Lipinski definition) is 0. The van der Waals surface area contributed by atoms with Gasteiger partial charge in [-0.05, 0) is 37.5 Å². The number of carbonyl (C=O) groups is 1.